The molecule has 0 aromatic carbocycles. The third kappa shape index (κ3) is 5.32. The lowest BCUT2D eigenvalue weighted by atomic mass is 10.2. The highest BCUT2D eigenvalue weighted by Gasteiger charge is 2.19. The Bertz CT molecular complexity index is 1070. The number of hydrogen-bond donors (Lipinski definition) is 2. The Morgan fingerprint density at radius 3 is 2.83 bits per heavy atom. The second-order valence-electron chi connectivity index (χ2n) is 7.07. The summed E-state index contributed by atoms with van der Waals surface area (Å²) < 4.78 is 6.43. The molecule has 3 aromatic heterocycles. The summed E-state index contributed by atoms with van der Waals surface area (Å²) in [5.74, 6) is 0.537. The van der Waals surface area contributed by atoms with E-state index in [1.165, 1.54) is 6.20 Å². The molecule has 2 N–H and O–H groups in total. The monoisotopic (exact) mass is 411 g/mol. The molecule has 0 spiro atoms. The predicted octanol–water partition coefficient (Wildman–Crippen LogP) is 3.14. The Morgan fingerprint density at radius 2 is 2.10 bits per heavy atom. The van der Waals surface area contributed by atoms with E-state index >= 15 is 0 Å². The largest absolute Gasteiger partial charge is 0.442 e. The Balaban J connectivity index is 1.82. The van der Waals surface area contributed by atoms with Crippen LogP contribution in [0.2, 0.25) is 0 Å². The van der Waals surface area contributed by atoms with Crippen molar-refractivity contribution in [3.8, 4) is 11.3 Å². The minimum Gasteiger partial charge on any atom is -0.442 e. The molecule has 0 amide bonds. The Kier molecular flexibility index (Phi) is 5.83. The van der Waals surface area contributed by atoms with E-state index in [4.69, 9.17) is 17.0 Å². The van der Waals surface area contributed by atoms with Gasteiger partial charge in [0.25, 0.3) is 0 Å². The van der Waals surface area contributed by atoms with Crippen molar-refractivity contribution >= 4 is 40.4 Å². The van der Waals surface area contributed by atoms with Gasteiger partial charge in [-0.3, -0.25) is 4.98 Å². The molecule has 0 fully saturated rings. The topological polar surface area (TPSA) is 107 Å². The fourth-order valence-corrected chi connectivity index (χ4v) is 2.48. The number of nitrogens with one attached hydrogen (secondary N) is 2. The van der Waals surface area contributed by atoms with Crippen LogP contribution < -0.4 is 10.6 Å². The molecule has 10 heteroatoms. The summed E-state index contributed by atoms with van der Waals surface area (Å²) in [7, 11) is 0. The van der Waals surface area contributed by atoms with Gasteiger partial charge >= 0.3 is 6.09 Å². The minimum absolute atomic E-state index is 0.430. The summed E-state index contributed by atoms with van der Waals surface area (Å²) in [4.78, 5) is 25.5. The first-order valence-corrected chi connectivity index (χ1v) is 9.24. The van der Waals surface area contributed by atoms with Crippen molar-refractivity contribution in [1.82, 2.24) is 30.0 Å². The number of fused-ring (bicyclic) bond motifs is 1. The maximum absolute atomic E-state index is 12.1. The van der Waals surface area contributed by atoms with E-state index in [0.29, 0.717) is 39.9 Å². The Morgan fingerprint density at radius 1 is 1.31 bits per heavy atom. The first-order chi connectivity index (χ1) is 13.7. The van der Waals surface area contributed by atoms with Crippen LogP contribution in [0.25, 0.3) is 22.4 Å². The van der Waals surface area contributed by atoms with E-state index in [-0.39, 0.29) is 0 Å². The number of anilines is 1. The molecule has 29 heavy (non-hydrogen) atoms. The molecule has 0 saturated heterocycles. The lowest BCUT2D eigenvalue weighted by Crippen LogP contribution is -2.28. The van der Waals surface area contributed by atoms with E-state index in [0.717, 1.165) is 4.68 Å². The van der Waals surface area contributed by atoms with Crippen LogP contribution in [0.5, 0.6) is 0 Å². The molecule has 9 nitrogen and oxygen atoms in total. The van der Waals surface area contributed by atoms with Crippen LogP contribution in [-0.4, -0.2) is 48.1 Å². The van der Waals surface area contributed by atoms with Crippen molar-refractivity contribution < 1.29 is 9.53 Å². The van der Waals surface area contributed by atoms with Crippen LogP contribution in [0, 0.1) is 0 Å². The van der Waals surface area contributed by atoms with E-state index < -0.39 is 11.7 Å². The van der Waals surface area contributed by atoms with Gasteiger partial charge in [0.1, 0.15) is 16.9 Å². The van der Waals surface area contributed by atoms with Crippen LogP contribution in [0.15, 0.2) is 43.4 Å². The van der Waals surface area contributed by atoms with E-state index in [2.05, 4.69) is 37.3 Å². The molecule has 0 radical (unpaired) electrons. The molecule has 3 heterocycles. The quantitative estimate of drug-likeness (QED) is 0.494. The molecule has 0 aliphatic rings. The van der Waals surface area contributed by atoms with Crippen LogP contribution in [-0.2, 0) is 4.74 Å². The minimum atomic E-state index is -0.611. The molecule has 0 aliphatic heterocycles. The highest BCUT2D eigenvalue weighted by atomic mass is 32.1. The second kappa shape index (κ2) is 8.31. The van der Waals surface area contributed by atoms with E-state index in [9.17, 15) is 4.79 Å². The third-order valence-electron chi connectivity index (χ3n) is 3.51. The second-order valence-corrected chi connectivity index (χ2v) is 7.48. The molecular weight excluding hydrogens is 390 g/mol. The van der Waals surface area contributed by atoms with Crippen LogP contribution in [0.3, 0.4) is 0 Å². The maximum Gasteiger partial charge on any atom is 0.435 e. The van der Waals surface area contributed by atoms with Crippen molar-refractivity contribution in [2.75, 3.05) is 11.9 Å². The van der Waals surface area contributed by atoms with Gasteiger partial charge in [-0.15, -0.1) is 6.58 Å². The van der Waals surface area contributed by atoms with Gasteiger partial charge in [0, 0.05) is 18.3 Å². The fraction of sp³-hybridized carbons (Fsp3) is 0.263. The summed E-state index contributed by atoms with van der Waals surface area (Å²) in [5, 5.41) is 10.4. The van der Waals surface area contributed by atoms with Crippen molar-refractivity contribution in [2.45, 2.75) is 26.4 Å². The van der Waals surface area contributed by atoms with E-state index in [1.807, 2.05) is 0 Å². The van der Waals surface area contributed by atoms with Crippen molar-refractivity contribution in [1.29, 1.82) is 0 Å². The molecule has 3 rings (SSSR count). The SMILES string of the molecule is C=CCNC(=S)Nc1ccc2ncc(-c3cnn(C(=O)OC(C)(C)C)c3)nc2n1. The number of rotatable bonds is 4. The van der Waals surface area contributed by atoms with Gasteiger partial charge in [-0.2, -0.15) is 9.78 Å². The number of hydrogen-bond acceptors (Lipinski definition) is 7. The lowest BCUT2D eigenvalue weighted by molar-refractivity contribution is 0.0514. The molecule has 3 aromatic rings. The van der Waals surface area contributed by atoms with Crippen LogP contribution >= 0.6 is 12.2 Å². The highest BCUT2D eigenvalue weighted by molar-refractivity contribution is 7.80. The van der Waals surface area contributed by atoms with Gasteiger partial charge in [0.05, 0.1) is 18.1 Å². The van der Waals surface area contributed by atoms with Crippen molar-refractivity contribution in [2.24, 2.45) is 0 Å². The molecule has 0 bridgehead atoms. The average Bonchev–Trinajstić information content (AvgIpc) is 3.15. The van der Waals surface area contributed by atoms with Gasteiger partial charge in [-0.25, -0.2) is 14.8 Å². The summed E-state index contributed by atoms with van der Waals surface area (Å²) in [6.07, 6.45) is 5.81. The summed E-state index contributed by atoms with van der Waals surface area (Å²) in [5.41, 5.74) is 1.60. The predicted molar refractivity (Wildman–Crippen MR) is 115 cm³/mol. The molecular formula is C19H21N7O2S. The fourth-order valence-electron chi connectivity index (χ4n) is 2.30. The van der Waals surface area contributed by atoms with Gasteiger partial charge < -0.3 is 15.4 Å². The number of pyridine rings is 1. The standard InChI is InChI=1S/C19H21N7O2S/c1-5-8-20-17(29)25-15-7-6-13-16(24-15)23-14(10-21-13)12-9-22-26(11-12)18(27)28-19(2,3)4/h5-7,9-11H,1,8H2,2-4H3,(H2,20,23,24,25,29). The number of carbonyl (C=O) groups is 1. The maximum atomic E-state index is 12.1. The molecule has 0 unspecified atom stereocenters. The van der Waals surface area contributed by atoms with Crippen LogP contribution in [0.1, 0.15) is 20.8 Å². The number of aromatic nitrogens is 5. The lowest BCUT2D eigenvalue weighted by Gasteiger charge is -2.18. The highest BCUT2D eigenvalue weighted by Crippen LogP contribution is 2.19. The summed E-state index contributed by atoms with van der Waals surface area (Å²) in [6, 6.07) is 3.56. The summed E-state index contributed by atoms with van der Waals surface area (Å²) >= 11 is 5.19. The first kappa shape index (κ1) is 20.3. The van der Waals surface area contributed by atoms with Gasteiger partial charge in [-0.05, 0) is 45.1 Å². The third-order valence-corrected chi connectivity index (χ3v) is 3.76. The van der Waals surface area contributed by atoms with Crippen LogP contribution in [0.4, 0.5) is 10.6 Å². The van der Waals surface area contributed by atoms with Crippen molar-refractivity contribution in [3.05, 3.63) is 43.4 Å². The molecule has 0 saturated carbocycles. The molecule has 0 atom stereocenters. The number of nitrogens with zero attached hydrogens (tertiary/aromatic N) is 5. The van der Waals surface area contributed by atoms with Crippen molar-refractivity contribution in [3.63, 3.8) is 0 Å². The smallest absolute Gasteiger partial charge is 0.435 e. The molecule has 150 valence electrons. The Hall–Kier alpha value is -3.40. The van der Waals surface area contributed by atoms with E-state index in [1.54, 1.807) is 51.4 Å². The number of ether oxygens (including phenoxy) is 1. The zero-order chi connectivity index (χ0) is 21.0. The molecule has 0 aliphatic carbocycles. The summed E-state index contributed by atoms with van der Waals surface area (Å²) in [6.45, 7) is 9.55. The van der Waals surface area contributed by atoms with Gasteiger partial charge in [0.2, 0.25) is 0 Å². The number of carbonyl (C=O) groups excluding carboxylic acids is 1. The normalized spacial score (nSPS) is 11.1. The Labute approximate surface area is 173 Å². The number of thiocarbonyl (C=S) groups is 1. The average molecular weight is 411 g/mol. The van der Waals surface area contributed by atoms with Gasteiger partial charge in [0.15, 0.2) is 10.8 Å². The first-order valence-electron chi connectivity index (χ1n) is 8.83. The zero-order valence-electron chi connectivity index (χ0n) is 16.3. The van der Waals surface area contributed by atoms with Gasteiger partial charge in [-0.1, -0.05) is 6.08 Å². The zero-order valence-corrected chi connectivity index (χ0v) is 17.2.